The standard InChI is InChI=1S/C12H13FN2/c1-8-7-11(15(2)3)9-5-4-6-10(13)12(9)14-8/h4-7H,1-3H3. The first-order valence-electron chi connectivity index (χ1n) is 4.83. The van der Waals surface area contributed by atoms with Gasteiger partial charge in [0.2, 0.25) is 0 Å². The molecule has 3 heteroatoms. The molecule has 0 saturated heterocycles. The molecular weight excluding hydrogens is 191 g/mol. The van der Waals surface area contributed by atoms with Gasteiger partial charge >= 0.3 is 0 Å². The summed E-state index contributed by atoms with van der Waals surface area (Å²) in [6.07, 6.45) is 0. The van der Waals surface area contributed by atoms with Gasteiger partial charge in [-0.3, -0.25) is 0 Å². The van der Waals surface area contributed by atoms with E-state index in [1.165, 1.54) is 6.07 Å². The summed E-state index contributed by atoms with van der Waals surface area (Å²) in [5.41, 5.74) is 2.27. The van der Waals surface area contributed by atoms with Gasteiger partial charge in [-0.05, 0) is 19.1 Å². The van der Waals surface area contributed by atoms with Gasteiger partial charge in [0, 0.05) is 30.9 Å². The number of benzene rings is 1. The third-order valence-corrected chi connectivity index (χ3v) is 2.38. The van der Waals surface area contributed by atoms with E-state index < -0.39 is 0 Å². The summed E-state index contributed by atoms with van der Waals surface area (Å²) in [6.45, 7) is 1.87. The van der Waals surface area contributed by atoms with Gasteiger partial charge in [0.15, 0.2) is 0 Å². The maximum atomic E-state index is 13.5. The lowest BCUT2D eigenvalue weighted by atomic mass is 10.1. The van der Waals surface area contributed by atoms with Crippen LogP contribution in [0.2, 0.25) is 0 Å². The third kappa shape index (κ3) is 1.65. The van der Waals surface area contributed by atoms with E-state index in [4.69, 9.17) is 0 Å². The number of para-hydroxylation sites is 1. The van der Waals surface area contributed by atoms with Crippen LogP contribution >= 0.6 is 0 Å². The third-order valence-electron chi connectivity index (χ3n) is 2.38. The van der Waals surface area contributed by atoms with Gasteiger partial charge in [-0.1, -0.05) is 12.1 Å². The smallest absolute Gasteiger partial charge is 0.149 e. The number of halogens is 1. The van der Waals surface area contributed by atoms with Crippen LogP contribution in [0.5, 0.6) is 0 Å². The molecule has 0 fully saturated rings. The molecular formula is C12H13FN2. The van der Waals surface area contributed by atoms with Crippen molar-refractivity contribution in [3.63, 3.8) is 0 Å². The molecule has 0 aliphatic carbocycles. The Morgan fingerprint density at radius 3 is 2.67 bits per heavy atom. The van der Waals surface area contributed by atoms with Crippen LogP contribution in [0.4, 0.5) is 10.1 Å². The van der Waals surface area contributed by atoms with Gasteiger partial charge in [-0.25, -0.2) is 9.37 Å². The number of aromatic nitrogens is 1. The first-order valence-corrected chi connectivity index (χ1v) is 4.83. The Labute approximate surface area is 88.4 Å². The lowest BCUT2D eigenvalue weighted by molar-refractivity contribution is 0.636. The summed E-state index contributed by atoms with van der Waals surface area (Å²) >= 11 is 0. The SMILES string of the molecule is Cc1cc(N(C)C)c2cccc(F)c2n1. The minimum absolute atomic E-state index is 0.265. The van der Waals surface area contributed by atoms with Gasteiger partial charge in [0.25, 0.3) is 0 Å². The number of anilines is 1. The number of hydrogen-bond donors (Lipinski definition) is 0. The summed E-state index contributed by atoms with van der Waals surface area (Å²) in [5.74, 6) is -0.265. The number of hydrogen-bond acceptors (Lipinski definition) is 2. The van der Waals surface area contributed by atoms with E-state index in [1.807, 2.05) is 38.1 Å². The molecule has 2 aromatic rings. The van der Waals surface area contributed by atoms with Crippen molar-refractivity contribution in [3.05, 3.63) is 35.8 Å². The summed E-state index contributed by atoms with van der Waals surface area (Å²) in [7, 11) is 3.89. The highest BCUT2D eigenvalue weighted by molar-refractivity contribution is 5.92. The summed E-state index contributed by atoms with van der Waals surface area (Å²) < 4.78 is 13.5. The Hall–Kier alpha value is -1.64. The van der Waals surface area contributed by atoms with Crippen molar-refractivity contribution in [1.82, 2.24) is 4.98 Å². The van der Waals surface area contributed by atoms with E-state index in [-0.39, 0.29) is 5.82 Å². The monoisotopic (exact) mass is 204 g/mol. The van der Waals surface area contributed by atoms with Crippen molar-refractivity contribution < 1.29 is 4.39 Å². The number of pyridine rings is 1. The largest absolute Gasteiger partial charge is 0.377 e. The van der Waals surface area contributed by atoms with Crippen molar-refractivity contribution in [3.8, 4) is 0 Å². The fourth-order valence-corrected chi connectivity index (χ4v) is 1.69. The Morgan fingerprint density at radius 2 is 2.00 bits per heavy atom. The maximum absolute atomic E-state index is 13.5. The average Bonchev–Trinajstić information content (AvgIpc) is 2.18. The molecule has 2 nitrogen and oxygen atoms in total. The van der Waals surface area contributed by atoms with E-state index in [2.05, 4.69) is 4.98 Å². The van der Waals surface area contributed by atoms with Gasteiger partial charge in [-0.2, -0.15) is 0 Å². The fraction of sp³-hybridized carbons (Fsp3) is 0.250. The van der Waals surface area contributed by atoms with Crippen molar-refractivity contribution in [2.75, 3.05) is 19.0 Å². The lowest BCUT2D eigenvalue weighted by Gasteiger charge is -2.16. The van der Waals surface area contributed by atoms with Crippen LogP contribution < -0.4 is 4.90 Å². The minimum atomic E-state index is -0.265. The quantitative estimate of drug-likeness (QED) is 0.710. The molecule has 0 aliphatic heterocycles. The van der Waals surface area contributed by atoms with Crippen LogP contribution in [0.15, 0.2) is 24.3 Å². The molecule has 1 heterocycles. The zero-order valence-electron chi connectivity index (χ0n) is 9.08. The van der Waals surface area contributed by atoms with Crippen LogP contribution in [0.25, 0.3) is 10.9 Å². The van der Waals surface area contributed by atoms with Crippen molar-refractivity contribution in [2.24, 2.45) is 0 Å². The predicted octanol–water partition coefficient (Wildman–Crippen LogP) is 2.75. The molecule has 1 aromatic carbocycles. The highest BCUT2D eigenvalue weighted by Gasteiger charge is 2.08. The Kier molecular flexibility index (Phi) is 2.31. The molecule has 0 spiro atoms. The average molecular weight is 204 g/mol. The molecule has 0 saturated carbocycles. The molecule has 0 radical (unpaired) electrons. The van der Waals surface area contributed by atoms with Crippen molar-refractivity contribution in [2.45, 2.75) is 6.92 Å². The lowest BCUT2D eigenvalue weighted by Crippen LogP contribution is -2.10. The molecule has 0 atom stereocenters. The van der Waals surface area contributed by atoms with Gasteiger partial charge in [0.1, 0.15) is 11.3 Å². The van der Waals surface area contributed by atoms with E-state index in [0.717, 1.165) is 16.8 Å². The predicted molar refractivity (Wildman–Crippen MR) is 60.8 cm³/mol. The van der Waals surface area contributed by atoms with E-state index in [1.54, 1.807) is 6.07 Å². The number of fused-ring (bicyclic) bond motifs is 1. The van der Waals surface area contributed by atoms with E-state index >= 15 is 0 Å². The van der Waals surface area contributed by atoms with Crippen LogP contribution in [0, 0.1) is 12.7 Å². The zero-order valence-corrected chi connectivity index (χ0v) is 9.08. The van der Waals surface area contributed by atoms with Crippen LogP contribution in [0.3, 0.4) is 0 Å². The van der Waals surface area contributed by atoms with Gasteiger partial charge in [0.05, 0.1) is 0 Å². The van der Waals surface area contributed by atoms with Crippen molar-refractivity contribution >= 4 is 16.6 Å². The van der Waals surface area contributed by atoms with Crippen LogP contribution in [-0.4, -0.2) is 19.1 Å². The second kappa shape index (κ2) is 3.50. The molecule has 0 amide bonds. The highest BCUT2D eigenvalue weighted by Crippen LogP contribution is 2.26. The van der Waals surface area contributed by atoms with Crippen molar-refractivity contribution in [1.29, 1.82) is 0 Å². The molecule has 2 rings (SSSR count). The Morgan fingerprint density at radius 1 is 1.27 bits per heavy atom. The first kappa shape index (κ1) is 9.90. The molecule has 0 aliphatic rings. The molecule has 0 bridgehead atoms. The van der Waals surface area contributed by atoms with E-state index in [0.29, 0.717) is 5.52 Å². The first-order chi connectivity index (χ1) is 7.09. The number of aryl methyl sites for hydroxylation is 1. The number of rotatable bonds is 1. The second-order valence-corrected chi connectivity index (χ2v) is 3.81. The zero-order chi connectivity index (χ0) is 11.0. The van der Waals surface area contributed by atoms with Gasteiger partial charge < -0.3 is 4.90 Å². The van der Waals surface area contributed by atoms with Crippen LogP contribution in [-0.2, 0) is 0 Å². The highest BCUT2D eigenvalue weighted by atomic mass is 19.1. The normalized spacial score (nSPS) is 10.7. The summed E-state index contributed by atoms with van der Waals surface area (Å²) in [4.78, 5) is 6.19. The summed E-state index contributed by atoms with van der Waals surface area (Å²) in [5, 5.41) is 0.852. The Bertz CT molecular complexity index is 506. The summed E-state index contributed by atoms with van der Waals surface area (Å²) in [6, 6.07) is 7.00. The fourth-order valence-electron chi connectivity index (χ4n) is 1.69. The van der Waals surface area contributed by atoms with Crippen LogP contribution in [0.1, 0.15) is 5.69 Å². The van der Waals surface area contributed by atoms with E-state index in [9.17, 15) is 4.39 Å². The molecule has 0 N–H and O–H groups in total. The number of nitrogens with zero attached hydrogens (tertiary/aromatic N) is 2. The Balaban J connectivity index is 2.86. The topological polar surface area (TPSA) is 16.1 Å². The molecule has 15 heavy (non-hydrogen) atoms. The molecule has 78 valence electrons. The van der Waals surface area contributed by atoms with Gasteiger partial charge in [-0.15, -0.1) is 0 Å². The minimum Gasteiger partial charge on any atom is -0.377 e. The second-order valence-electron chi connectivity index (χ2n) is 3.81. The molecule has 0 unspecified atom stereocenters. The maximum Gasteiger partial charge on any atom is 0.149 e. The molecule has 1 aromatic heterocycles.